The fourth-order valence-electron chi connectivity index (χ4n) is 1.04. The first kappa shape index (κ1) is 7.34. The lowest BCUT2D eigenvalue weighted by Crippen LogP contribution is -2.55. The Bertz CT molecular complexity index is 131. The van der Waals surface area contributed by atoms with E-state index in [0.29, 0.717) is 12.5 Å². The van der Waals surface area contributed by atoms with Crippen molar-refractivity contribution in [1.29, 1.82) is 0 Å². The summed E-state index contributed by atoms with van der Waals surface area (Å²) in [6, 6.07) is 0.00435. The molecule has 0 saturated carbocycles. The van der Waals surface area contributed by atoms with Gasteiger partial charge in [0.25, 0.3) is 0 Å². The maximum absolute atomic E-state index is 10.8. The fourth-order valence-corrected chi connectivity index (χ4v) is 1.04. The SMILES string of the molecule is CNC(=O)N1CC(CN)C1. The summed E-state index contributed by atoms with van der Waals surface area (Å²) in [4.78, 5) is 12.6. The summed E-state index contributed by atoms with van der Waals surface area (Å²) < 4.78 is 0. The molecule has 1 fully saturated rings. The molecule has 4 nitrogen and oxygen atoms in total. The molecule has 0 atom stereocenters. The lowest BCUT2D eigenvalue weighted by molar-refractivity contribution is 0.126. The second-order valence-electron chi connectivity index (χ2n) is 2.56. The molecule has 3 N–H and O–H groups in total. The van der Waals surface area contributed by atoms with Crippen LogP contribution >= 0.6 is 0 Å². The van der Waals surface area contributed by atoms with Gasteiger partial charge in [0.2, 0.25) is 0 Å². The minimum absolute atomic E-state index is 0.00435. The molecule has 10 heavy (non-hydrogen) atoms. The highest BCUT2D eigenvalue weighted by Crippen LogP contribution is 2.12. The van der Waals surface area contributed by atoms with E-state index < -0.39 is 0 Å². The molecule has 0 spiro atoms. The van der Waals surface area contributed by atoms with Crippen molar-refractivity contribution in [2.75, 3.05) is 26.7 Å². The molecule has 0 aromatic rings. The van der Waals surface area contributed by atoms with Crippen LogP contribution in [0.3, 0.4) is 0 Å². The van der Waals surface area contributed by atoms with Crippen LogP contribution in [0.5, 0.6) is 0 Å². The molecular weight excluding hydrogens is 130 g/mol. The molecule has 0 aromatic heterocycles. The van der Waals surface area contributed by atoms with Crippen molar-refractivity contribution in [2.45, 2.75) is 0 Å². The molecule has 58 valence electrons. The normalized spacial score (nSPS) is 18.4. The molecule has 0 aromatic carbocycles. The van der Waals surface area contributed by atoms with Crippen LogP contribution in [-0.2, 0) is 0 Å². The predicted octanol–water partition coefficient (Wildman–Crippen LogP) is -0.784. The van der Waals surface area contributed by atoms with Crippen LogP contribution in [0.15, 0.2) is 0 Å². The number of likely N-dealkylation sites (tertiary alicyclic amines) is 1. The summed E-state index contributed by atoms with van der Waals surface area (Å²) in [6.45, 7) is 2.32. The fraction of sp³-hybridized carbons (Fsp3) is 0.833. The summed E-state index contributed by atoms with van der Waals surface area (Å²) in [5, 5.41) is 2.56. The van der Waals surface area contributed by atoms with E-state index in [1.54, 1.807) is 11.9 Å². The zero-order valence-corrected chi connectivity index (χ0v) is 6.13. The van der Waals surface area contributed by atoms with E-state index in [2.05, 4.69) is 5.32 Å². The van der Waals surface area contributed by atoms with Crippen LogP contribution in [0.25, 0.3) is 0 Å². The highest BCUT2D eigenvalue weighted by Gasteiger charge is 2.28. The Hall–Kier alpha value is -0.770. The average Bonchev–Trinajstić information content (AvgIpc) is 1.85. The molecule has 4 heteroatoms. The van der Waals surface area contributed by atoms with Gasteiger partial charge >= 0.3 is 6.03 Å². The number of hydrogen-bond acceptors (Lipinski definition) is 2. The average molecular weight is 143 g/mol. The van der Waals surface area contributed by atoms with Crippen molar-refractivity contribution >= 4 is 6.03 Å². The molecule has 1 heterocycles. The van der Waals surface area contributed by atoms with Crippen molar-refractivity contribution in [1.82, 2.24) is 10.2 Å². The van der Waals surface area contributed by atoms with Gasteiger partial charge in [-0.3, -0.25) is 0 Å². The van der Waals surface area contributed by atoms with E-state index in [4.69, 9.17) is 5.73 Å². The van der Waals surface area contributed by atoms with Crippen molar-refractivity contribution in [3.05, 3.63) is 0 Å². The molecule has 0 radical (unpaired) electrons. The Morgan fingerprint density at radius 1 is 1.80 bits per heavy atom. The molecule has 1 rings (SSSR count). The number of nitrogens with two attached hydrogens (primary N) is 1. The van der Waals surface area contributed by atoms with Gasteiger partial charge in [-0.15, -0.1) is 0 Å². The summed E-state index contributed by atoms with van der Waals surface area (Å²) in [7, 11) is 1.64. The standard InChI is InChI=1S/C6H13N3O/c1-8-6(10)9-3-5(2-7)4-9/h5H,2-4,7H2,1H3,(H,8,10). The molecule has 0 bridgehead atoms. The quantitative estimate of drug-likeness (QED) is 0.505. The van der Waals surface area contributed by atoms with E-state index in [-0.39, 0.29) is 6.03 Å². The van der Waals surface area contributed by atoms with Crippen molar-refractivity contribution in [3.8, 4) is 0 Å². The second-order valence-corrected chi connectivity index (χ2v) is 2.56. The first-order valence-corrected chi connectivity index (χ1v) is 3.44. The van der Waals surface area contributed by atoms with Crippen LogP contribution in [0.2, 0.25) is 0 Å². The highest BCUT2D eigenvalue weighted by atomic mass is 16.2. The number of carbonyl (C=O) groups is 1. The summed E-state index contributed by atoms with van der Waals surface area (Å²) >= 11 is 0. The van der Waals surface area contributed by atoms with Gasteiger partial charge in [0.15, 0.2) is 0 Å². The molecule has 1 aliphatic rings. The second kappa shape index (κ2) is 2.88. The minimum Gasteiger partial charge on any atom is -0.341 e. The van der Waals surface area contributed by atoms with E-state index in [1.165, 1.54) is 0 Å². The Balaban J connectivity index is 2.19. The van der Waals surface area contributed by atoms with Gasteiger partial charge in [0, 0.05) is 26.1 Å². The molecular formula is C6H13N3O. The number of carbonyl (C=O) groups excluding carboxylic acids is 1. The summed E-state index contributed by atoms with van der Waals surface area (Å²) in [5.41, 5.74) is 5.38. The Kier molecular flexibility index (Phi) is 2.11. The van der Waals surface area contributed by atoms with Crippen LogP contribution < -0.4 is 11.1 Å². The first-order chi connectivity index (χ1) is 4.77. The van der Waals surface area contributed by atoms with E-state index >= 15 is 0 Å². The number of nitrogens with one attached hydrogen (secondary N) is 1. The van der Waals surface area contributed by atoms with E-state index in [0.717, 1.165) is 13.1 Å². The molecule has 2 amide bonds. The van der Waals surface area contributed by atoms with Gasteiger partial charge in [-0.25, -0.2) is 4.79 Å². The number of amides is 2. The summed E-state index contributed by atoms with van der Waals surface area (Å²) in [6.07, 6.45) is 0. The molecule has 1 saturated heterocycles. The Morgan fingerprint density at radius 2 is 2.40 bits per heavy atom. The van der Waals surface area contributed by atoms with Crippen molar-refractivity contribution < 1.29 is 4.79 Å². The van der Waals surface area contributed by atoms with Crippen LogP contribution in [-0.4, -0.2) is 37.6 Å². The number of hydrogen-bond donors (Lipinski definition) is 2. The first-order valence-electron chi connectivity index (χ1n) is 3.44. The minimum atomic E-state index is 0.00435. The largest absolute Gasteiger partial charge is 0.341 e. The van der Waals surface area contributed by atoms with E-state index in [9.17, 15) is 4.79 Å². The van der Waals surface area contributed by atoms with E-state index in [1.807, 2.05) is 0 Å². The molecule has 0 aliphatic carbocycles. The number of rotatable bonds is 1. The lowest BCUT2D eigenvalue weighted by Gasteiger charge is -2.38. The van der Waals surface area contributed by atoms with Gasteiger partial charge in [0.1, 0.15) is 0 Å². The van der Waals surface area contributed by atoms with Gasteiger partial charge in [0.05, 0.1) is 0 Å². The van der Waals surface area contributed by atoms with Crippen molar-refractivity contribution in [2.24, 2.45) is 11.7 Å². The summed E-state index contributed by atoms with van der Waals surface area (Å²) in [5.74, 6) is 0.525. The Morgan fingerprint density at radius 3 is 2.80 bits per heavy atom. The zero-order chi connectivity index (χ0) is 7.56. The molecule has 1 aliphatic heterocycles. The lowest BCUT2D eigenvalue weighted by atomic mass is 10.0. The van der Waals surface area contributed by atoms with Crippen LogP contribution in [0.4, 0.5) is 4.79 Å². The van der Waals surface area contributed by atoms with Gasteiger partial charge < -0.3 is 16.0 Å². The van der Waals surface area contributed by atoms with Gasteiger partial charge in [-0.2, -0.15) is 0 Å². The molecule has 0 unspecified atom stereocenters. The van der Waals surface area contributed by atoms with Gasteiger partial charge in [-0.1, -0.05) is 0 Å². The predicted molar refractivity (Wildman–Crippen MR) is 38.6 cm³/mol. The zero-order valence-electron chi connectivity index (χ0n) is 6.13. The maximum Gasteiger partial charge on any atom is 0.317 e. The highest BCUT2D eigenvalue weighted by molar-refractivity contribution is 5.74. The van der Waals surface area contributed by atoms with Crippen LogP contribution in [0.1, 0.15) is 0 Å². The topological polar surface area (TPSA) is 58.4 Å². The maximum atomic E-state index is 10.8. The Labute approximate surface area is 60.4 Å². The monoisotopic (exact) mass is 143 g/mol. The van der Waals surface area contributed by atoms with Crippen molar-refractivity contribution in [3.63, 3.8) is 0 Å². The third kappa shape index (κ3) is 1.21. The smallest absolute Gasteiger partial charge is 0.317 e. The van der Waals surface area contributed by atoms with Crippen LogP contribution in [0, 0.1) is 5.92 Å². The van der Waals surface area contributed by atoms with Gasteiger partial charge in [-0.05, 0) is 6.54 Å². The third-order valence-electron chi connectivity index (χ3n) is 1.79. The number of urea groups is 1. The number of nitrogens with zero attached hydrogens (tertiary/aromatic N) is 1. The third-order valence-corrected chi connectivity index (χ3v) is 1.79.